The van der Waals surface area contributed by atoms with Gasteiger partial charge in [0, 0.05) is 19.2 Å². The van der Waals surface area contributed by atoms with E-state index in [0.29, 0.717) is 23.1 Å². The number of hydrogen-bond acceptors (Lipinski definition) is 4. The molecule has 1 heterocycles. The van der Waals surface area contributed by atoms with Crippen LogP contribution in [0.4, 0.5) is 0 Å². The third kappa shape index (κ3) is 2.33. The Morgan fingerprint density at radius 1 is 1.06 bits per heavy atom. The molecule has 0 saturated carbocycles. The molecule has 0 aliphatic carbocycles. The molecule has 5 nitrogen and oxygen atoms in total. The fourth-order valence-electron chi connectivity index (χ4n) is 1.46. The van der Waals surface area contributed by atoms with Crippen LogP contribution in [0.2, 0.25) is 0 Å². The van der Waals surface area contributed by atoms with Gasteiger partial charge >= 0.3 is 0 Å². The number of methoxy groups -OCH3 is 2. The quantitative estimate of drug-likeness (QED) is 0.813. The third-order valence-corrected chi connectivity index (χ3v) is 2.35. The molecule has 0 unspecified atom stereocenters. The van der Waals surface area contributed by atoms with E-state index in [9.17, 15) is 0 Å². The van der Waals surface area contributed by atoms with Gasteiger partial charge in [-0.15, -0.1) is 0 Å². The summed E-state index contributed by atoms with van der Waals surface area (Å²) in [5, 5.41) is 4.02. The fourth-order valence-corrected chi connectivity index (χ4v) is 1.46. The summed E-state index contributed by atoms with van der Waals surface area (Å²) < 4.78 is 17.7. The van der Waals surface area contributed by atoms with Crippen molar-refractivity contribution in [3.63, 3.8) is 0 Å². The van der Waals surface area contributed by atoms with Crippen molar-refractivity contribution in [2.75, 3.05) is 14.2 Å². The van der Waals surface area contributed by atoms with Crippen LogP contribution >= 0.6 is 0 Å². The maximum atomic E-state index is 5.66. The smallest absolute Gasteiger partial charge is 0.217 e. The minimum Gasteiger partial charge on any atom is -0.493 e. The molecule has 2 rings (SSSR count). The van der Waals surface area contributed by atoms with Gasteiger partial charge in [0.2, 0.25) is 5.88 Å². The van der Waals surface area contributed by atoms with Crippen LogP contribution in [-0.4, -0.2) is 24.0 Å². The van der Waals surface area contributed by atoms with Gasteiger partial charge in [-0.3, -0.25) is 0 Å². The Hall–Kier alpha value is -2.17. The average Bonchev–Trinajstić information content (AvgIpc) is 2.75. The number of ether oxygens (including phenoxy) is 3. The molecule has 1 aromatic carbocycles. The average molecular weight is 234 g/mol. The van der Waals surface area contributed by atoms with Crippen LogP contribution in [0.1, 0.15) is 0 Å². The van der Waals surface area contributed by atoms with Gasteiger partial charge in [0.1, 0.15) is 5.75 Å². The number of hydrogen-bond donors (Lipinski definition) is 0. The molecule has 0 bridgehead atoms. The minimum atomic E-state index is 0.632. The minimum absolute atomic E-state index is 0.632. The van der Waals surface area contributed by atoms with E-state index >= 15 is 0 Å². The van der Waals surface area contributed by atoms with Crippen molar-refractivity contribution in [3.8, 4) is 23.1 Å². The maximum absolute atomic E-state index is 5.66. The van der Waals surface area contributed by atoms with Crippen molar-refractivity contribution >= 4 is 0 Å². The fraction of sp³-hybridized carbons (Fsp3) is 0.250. The first-order valence-corrected chi connectivity index (χ1v) is 5.12. The highest BCUT2D eigenvalue weighted by Gasteiger charge is 2.07. The van der Waals surface area contributed by atoms with Crippen LogP contribution in [0.3, 0.4) is 0 Å². The lowest BCUT2D eigenvalue weighted by atomic mass is 10.3. The Bertz CT molecular complexity index is 508. The Morgan fingerprint density at radius 3 is 2.41 bits per heavy atom. The van der Waals surface area contributed by atoms with Gasteiger partial charge in [-0.05, 0) is 12.1 Å². The Labute approximate surface area is 99.5 Å². The van der Waals surface area contributed by atoms with Gasteiger partial charge < -0.3 is 14.2 Å². The summed E-state index contributed by atoms with van der Waals surface area (Å²) in [6.07, 6.45) is 1.68. The van der Waals surface area contributed by atoms with Gasteiger partial charge in [-0.25, -0.2) is 4.68 Å². The van der Waals surface area contributed by atoms with E-state index in [0.717, 1.165) is 0 Å². The number of nitrogens with zero attached hydrogens (tertiary/aromatic N) is 2. The lowest BCUT2D eigenvalue weighted by molar-refractivity contribution is 0.350. The number of benzene rings is 1. The van der Waals surface area contributed by atoms with Crippen LogP contribution in [0.5, 0.6) is 23.1 Å². The largest absolute Gasteiger partial charge is 0.493 e. The second-order valence-corrected chi connectivity index (χ2v) is 3.41. The van der Waals surface area contributed by atoms with Crippen molar-refractivity contribution in [3.05, 3.63) is 30.5 Å². The van der Waals surface area contributed by atoms with E-state index in [1.165, 1.54) is 0 Å². The molecule has 17 heavy (non-hydrogen) atoms. The predicted octanol–water partition coefficient (Wildman–Crippen LogP) is 2.23. The number of rotatable bonds is 4. The summed E-state index contributed by atoms with van der Waals surface area (Å²) in [6, 6.07) is 7.17. The molecule has 0 radical (unpaired) electrons. The zero-order valence-corrected chi connectivity index (χ0v) is 10.0. The van der Waals surface area contributed by atoms with Crippen LogP contribution in [0.25, 0.3) is 0 Å². The molecule has 2 aromatic rings. The van der Waals surface area contributed by atoms with Gasteiger partial charge in [0.05, 0.1) is 20.4 Å². The highest BCUT2D eigenvalue weighted by Crippen LogP contribution is 2.32. The van der Waals surface area contributed by atoms with Crippen molar-refractivity contribution < 1.29 is 14.2 Å². The van der Waals surface area contributed by atoms with Gasteiger partial charge in [0.25, 0.3) is 0 Å². The molecule has 1 aromatic heterocycles. The monoisotopic (exact) mass is 234 g/mol. The van der Waals surface area contributed by atoms with E-state index in [2.05, 4.69) is 5.10 Å². The Balaban J connectivity index is 2.25. The predicted molar refractivity (Wildman–Crippen MR) is 62.8 cm³/mol. The SMILES string of the molecule is COc1ccc(Oc2ccnn2C)cc1OC. The van der Waals surface area contributed by atoms with Crippen molar-refractivity contribution in [1.82, 2.24) is 9.78 Å². The lowest BCUT2D eigenvalue weighted by Gasteiger charge is -2.10. The molecule has 0 saturated heterocycles. The molecule has 0 aliphatic heterocycles. The molecule has 0 spiro atoms. The number of aryl methyl sites for hydroxylation is 1. The van der Waals surface area contributed by atoms with Crippen molar-refractivity contribution in [2.24, 2.45) is 7.05 Å². The summed E-state index contributed by atoms with van der Waals surface area (Å²) >= 11 is 0. The molecule has 0 atom stereocenters. The third-order valence-electron chi connectivity index (χ3n) is 2.35. The van der Waals surface area contributed by atoms with Crippen LogP contribution < -0.4 is 14.2 Å². The lowest BCUT2D eigenvalue weighted by Crippen LogP contribution is -1.96. The highest BCUT2D eigenvalue weighted by molar-refractivity contribution is 5.46. The van der Waals surface area contributed by atoms with Crippen molar-refractivity contribution in [2.45, 2.75) is 0 Å². The van der Waals surface area contributed by atoms with Gasteiger partial charge in [0.15, 0.2) is 11.5 Å². The van der Waals surface area contributed by atoms with Gasteiger partial charge in [-0.1, -0.05) is 0 Å². The second-order valence-electron chi connectivity index (χ2n) is 3.41. The first-order valence-electron chi connectivity index (χ1n) is 5.12. The normalized spacial score (nSPS) is 10.1. The molecular weight excluding hydrogens is 220 g/mol. The molecule has 0 amide bonds. The molecule has 0 fully saturated rings. The van der Waals surface area contributed by atoms with E-state index in [4.69, 9.17) is 14.2 Å². The van der Waals surface area contributed by atoms with E-state index < -0.39 is 0 Å². The van der Waals surface area contributed by atoms with Crippen LogP contribution in [0, 0.1) is 0 Å². The Kier molecular flexibility index (Phi) is 3.18. The summed E-state index contributed by atoms with van der Waals surface area (Å²) in [4.78, 5) is 0. The van der Waals surface area contributed by atoms with Crippen LogP contribution in [0.15, 0.2) is 30.5 Å². The first-order chi connectivity index (χ1) is 8.24. The van der Waals surface area contributed by atoms with E-state index in [1.54, 1.807) is 43.3 Å². The topological polar surface area (TPSA) is 45.5 Å². The summed E-state index contributed by atoms with van der Waals surface area (Å²) in [7, 11) is 5.00. The summed E-state index contributed by atoms with van der Waals surface area (Å²) in [5.41, 5.74) is 0. The molecular formula is C12H14N2O3. The number of aromatic nitrogens is 2. The molecule has 0 N–H and O–H groups in total. The van der Waals surface area contributed by atoms with E-state index in [-0.39, 0.29) is 0 Å². The highest BCUT2D eigenvalue weighted by atomic mass is 16.5. The molecule has 90 valence electrons. The van der Waals surface area contributed by atoms with Crippen molar-refractivity contribution in [1.29, 1.82) is 0 Å². The standard InChI is InChI=1S/C12H14N2O3/c1-14-12(6-7-13-14)17-9-4-5-10(15-2)11(8-9)16-3/h4-8H,1-3H3. The Morgan fingerprint density at radius 2 is 1.82 bits per heavy atom. The van der Waals surface area contributed by atoms with Gasteiger partial charge in [-0.2, -0.15) is 5.10 Å². The summed E-state index contributed by atoms with van der Waals surface area (Å²) in [6.45, 7) is 0. The second kappa shape index (κ2) is 4.78. The molecule has 5 heteroatoms. The van der Waals surface area contributed by atoms with E-state index in [1.807, 2.05) is 13.1 Å². The molecule has 0 aliphatic rings. The van der Waals surface area contributed by atoms with Crippen LogP contribution in [-0.2, 0) is 7.05 Å². The maximum Gasteiger partial charge on any atom is 0.217 e. The summed E-state index contributed by atoms with van der Waals surface area (Å²) in [5.74, 6) is 2.64. The first kappa shape index (κ1) is 11.3. The zero-order chi connectivity index (χ0) is 12.3. The zero-order valence-electron chi connectivity index (χ0n) is 10.0.